The van der Waals surface area contributed by atoms with Crippen molar-refractivity contribution in [3.8, 4) is 0 Å². The van der Waals surface area contributed by atoms with Crippen molar-refractivity contribution in [2.45, 2.75) is 38.2 Å². The summed E-state index contributed by atoms with van der Waals surface area (Å²) >= 11 is 0. The zero-order valence-electron chi connectivity index (χ0n) is 11.8. The highest BCUT2D eigenvalue weighted by atomic mass is 32.2. The number of rotatable bonds is 5. The number of halogens is 2. The van der Waals surface area contributed by atoms with Crippen molar-refractivity contribution in [3.05, 3.63) is 35.9 Å². The quantitative estimate of drug-likeness (QED) is 0.844. The Morgan fingerprint density at radius 2 is 1.71 bits per heavy atom. The summed E-state index contributed by atoms with van der Waals surface area (Å²) in [5.41, 5.74) is -0.656. The van der Waals surface area contributed by atoms with Gasteiger partial charge in [0.05, 0.1) is 0 Å². The Kier molecular flexibility index (Phi) is 5.41. The maximum atomic E-state index is 12.5. The van der Waals surface area contributed by atoms with E-state index in [0.29, 0.717) is 0 Å². The lowest BCUT2D eigenvalue weighted by Crippen LogP contribution is -2.40. The second kappa shape index (κ2) is 6.48. The number of nitrogens with one attached hydrogen (secondary N) is 1. The van der Waals surface area contributed by atoms with Crippen molar-refractivity contribution in [3.63, 3.8) is 0 Å². The highest BCUT2D eigenvalue weighted by Crippen LogP contribution is 2.20. The lowest BCUT2D eigenvalue weighted by atomic mass is 10.1. The predicted molar refractivity (Wildman–Crippen MR) is 73.1 cm³/mol. The Balaban J connectivity index is 3.10. The molecule has 1 aromatic rings. The number of ether oxygens (including phenoxy) is 1. The second-order valence-electron chi connectivity index (χ2n) is 5.30. The summed E-state index contributed by atoms with van der Waals surface area (Å²) in [7, 11) is -4.93. The van der Waals surface area contributed by atoms with E-state index in [1.807, 2.05) is 0 Å². The predicted octanol–water partition coefficient (Wildman–Crippen LogP) is 2.21. The first-order chi connectivity index (χ1) is 9.53. The summed E-state index contributed by atoms with van der Waals surface area (Å²) in [4.78, 5) is 12.1. The molecule has 118 valence electrons. The van der Waals surface area contributed by atoms with E-state index in [4.69, 9.17) is 4.74 Å². The van der Waals surface area contributed by atoms with Gasteiger partial charge < -0.3 is 4.74 Å². The molecule has 0 unspecified atom stereocenters. The van der Waals surface area contributed by atoms with Crippen LogP contribution in [0.2, 0.25) is 0 Å². The van der Waals surface area contributed by atoms with Gasteiger partial charge in [0.2, 0.25) is 0 Å². The number of carbonyl (C=O) groups excluding carboxylic acids is 1. The van der Waals surface area contributed by atoms with Gasteiger partial charge in [-0.3, -0.25) is 0 Å². The van der Waals surface area contributed by atoms with Crippen molar-refractivity contribution in [1.82, 2.24) is 4.72 Å². The van der Waals surface area contributed by atoms with Crippen molar-refractivity contribution in [1.29, 1.82) is 0 Å². The number of sulfonamides is 1. The second-order valence-corrected chi connectivity index (χ2v) is 6.98. The molecule has 21 heavy (non-hydrogen) atoms. The van der Waals surface area contributed by atoms with Crippen LogP contribution in [0, 0.1) is 0 Å². The minimum atomic E-state index is -4.93. The summed E-state index contributed by atoms with van der Waals surface area (Å²) < 4.78 is 54.4. The summed E-state index contributed by atoms with van der Waals surface area (Å²) in [6.07, 6.45) is 0. The van der Waals surface area contributed by atoms with Gasteiger partial charge in [-0.15, -0.1) is 0 Å². The molecule has 0 aliphatic rings. The average Bonchev–Trinajstić information content (AvgIpc) is 2.34. The Bertz CT molecular complexity index is 582. The van der Waals surface area contributed by atoms with E-state index in [9.17, 15) is 22.0 Å². The van der Waals surface area contributed by atoms with Crippen LogP contribution < -0.4 is 4.72 Å². The van der Waals surface area contributed by atoms with E-state index in [0.717, 1.165) is 0 Å². The number of benzene rings is 1. The monoisotopic (exact) mass is 321 g/mol. The third-order valence-electron chi connectivity index (χ3n) is 2.29. The summed E-state index contributed by atoms with van der Waals surface area (Å²) in [5, 5.41) is 0. The SMILES string of the molecule is CC(C)(C)OC(=O)[C@@H](NS(=O)(=O)C(F)F)c1ccccc1. The topological polar surface area (TPSA) is 72.5 Å². The molecule has 0 amide bonds. The molecule has 0 saturated heterocycles. The molecular formula is C13H17F2NO4S. The first kappa shape index (κ1) is 17.5. The smallest absolute Gasteiger partial charge is 0.350 e. The number of hydrogen-bond donors (Lipinski definition) is 1. The molecule has 0 aromatic heterocycles. The van der Waals surface area contributed by atoms with Crippen LogP contribution in [0.25, 0.3) is 0 Å². The van der Waals surface area contributed by atoms with Gasteiger partial charge in [0, 0.05) is 0 Å². The molecule has 1 N–H and O–H groups in total. The maximum Gasteiger partial charge on any atom is 0.350 e. The van der Waals surface area contributed by atoms with Crippen molar-refractivity contribution >= 4 is 16.0 Å². The lowest BCUT2D eigenvalue weighted by Gasteiger charge is -2.24. The van der Waals surface area contributed by atoms with E-state index in [2.05, 4.69) is 0 Å². The van der Waals surface area contributed by atoms with Gasteiger partial charge in [-0.2, -0.15) is 13.5 Å². The van der Waals surface area contributed by atoms with Crippen molar-refractivity contribution < 1.29 is 26.7 Å². The minimum absolute atomic E-state index is 0.218. The minimum Gasteiger partial charge on any atom is -0.459 e. The summed E-state index contributed by atoms with van der Waals surface area (Å²) in [6, 6.07) is 6.14. The van der Waals surface area contributed by atoms with Crippen molar-refractivity contribution in [2.75, 3.05) is 0 Å². The fraction of sp³-hybridized carbons (Fsp3) is 0.462. The number of hydrogen-bond acceptors (Lipinski definition) is 4. The van der Waals surface area contributed by atoms with Crippen LogP contribution in [0.15, 0.2) is 30.3 Å². The van der Waals surface area contributed by atoms with Crippen LogP contribution in [-0.4, -0.2) is 25.7 Å². The molecule has 0 bridgehead atoms. The van der Waals surface area contributed by atoms with E-state index in [1.165, 1.54) is 12.1 Å². The Morgan fingerprint density at radius 1 is 1.19 bits per heavy atom. The van der Waals surface area contributed by atoms with E-state index in [-0.39, 0.29) is 5.56 Å². The Morgan fingerprint density at radius 3 is 2.14 bits per heavy atom. The average molecular weight is 321 g/mol. The highest BCUT2D eigenvalue weighted by molar-refractivity contribution is 7.89. The van der Waals surface area contributed by atoms with Gasteiger partial charge in [0.15, 0.2) is 0 Å². The lowest BCUT2D eigenvalue weighted by molar-refractivity contribution is -0.157. The first-order valence-electron chi connectivity index (χ1n) is 6.10. The molecule has 0 heterocycles. The van der Waals surface area contributed by atoms with Crippen molar-refractivity contribution in [2.24, 2.45) is 0 Å². The highest BCUT2D eigenvalue weighted by Gasteiger charge is 2.34. The standard InChI is InChI=1S/C13H17F2NO4S/c1-13(2,3)20-11(17)10(9-7-5-4-6-8-9)16-21(18,19)12(14)15/h4-8,10,12,16H,1-3H3/t10-/m0/s1. The number of carbonyl (C=O) groups is 1. The zero-order valence-corrected chi connectivity index (χ0v) is 12.7. The van der Waals surface area contributed by atoms with Crippen LogP contribution in [0.5, 0.6) is 0 Å². The molecule has 0 saturated carbocycles. The third-order valence-corrected chi connectivity index (χ3v) is 3.33. The van der Waals surface area contributed by atoms with E-state index < -0.39 is 33.4 Å². The molecule has 1 aromatic carbocycles. The van der Waals surface area contributed by atoms with Crippen LogP contribution in [0.1, 0.15) is 32.4 Å². The molecule has 1 rings (SSSR count). The van der Waals surface area contributed by atoms with Gasteiger partial charge >= 0.3 is 11.7 Å². The van der Waals surface area contributed by atoms with Gasteiger partial charge in [-0.1, -0.05) is 30.3 Å². The first-order valence-corrected chi connectivity index (χ1v) is 7.64. The fourth-order valence-corrected chi connectivity index (χ4v) is 2.14. The van der Waals surface area contributed by atoms with Crippen LogP contribution >= 0.6 is 0 Å². The number of alkyl halides is 2. The Labute approximate surface area is 122 Å². The number of esters is 1. The Hall–Kier alpha value is -1.54. The normalized spacial score (nSPS) is 14.0. The molecule has 8 heteroatoms. The largest absolute Gasteiger partial charge is 0.459 e. The summed E-state index contributed by atoms with van der Waals surface area (Å²) in [5.74, 6) is -4.58. The molecule has 0 fully saturated rings. The maximum absolute atomic E-state index is 12.5. The summed E-state index contributed by atoms with van der Waals surface area (Å²) in [6.45, 7) is 4.78. The van der Waals surface area contributed by atoms with Gasteiger partial charge in [-0.05, 0) is 26.3 Å². The zero-order chi connectivity index (χ0) is 16.3. The molecule has 0 aliphatic carbocycles. The molecule has 1 atom stereocenters. The van der Waals surface area contributed by atoms with Gasteiger partial charge in [0.25, 0.3) is 10.0 Å². The molecule has 0 spiro atoms. The fourth-order valence-electron chi connectivity index (χ4n) is 1.47. The molecular weight excluding hydrogens is 304 g/mol. The van der Waals surface area contributed by atoms with E-state index in [1.54, 1.807) is 43.7 Å². The molecule has 0 aliphatic heterocycles. The van der Waals surface area contributed by atoms with E-state index >= 15 is 0 Å². The molecule has 0 radical (unpaired) electrons. The third kappa shape index (κ3) is 5.39. The van der Waals surface area contributed by atoms with Crippen LogP contribution in [0.4, 0.5) is 8.78 Å². The van der Waals surface area contributed by atoms with Gasteiger partial charge in [-0.25, -0.2) is 13.2 Å². The van der Waals surface area contributed by atoms with Crippen LogP contribution in [-0.2, 0) is 19.6 Å². The van der Waals surface area contributed by atoms with Gasteiger partial charge in [0.1, 0.15) is 11.6 Å². The van der Waals surface area contributed by atoms with Crippen LogP contribution in [0.3, 0.4) is 0 Å². The molecule has 5 nitrogen and oxygen atoms in total.